The summed E-state index contributed by atoms with van der Waals surface area (Å²) >= 11 is 0. The van der Waals surface area contributed by atoms with Crippen molar-refractivity contribution in [3.8, 4) is 23.0 Å². The van der Waals surface area contributed by atoms with Gasteiger partial charge in [0.25, 0.3) is 0 Å². The Hall–Kier alpha value is -3.69. The zero-order chi connectivity index (χ0) is 22.9. The van der Waals surface area contributed by atoms with Crippen molar-refractivity contribution < 1.29 is 22.7 Å². The molecule has 1 aliphatic heterocycles. The smallest absolute Gasteiger partial charge is 0.417 e. The lowest BCUT2D eigenvalue weighted by Gasteiger charge is -2.23. The van der Waals surface area contributed by atoms with Gasteiger partial charge in [0, 0.05) is 36.1 Å². The van der Waals surface area contributed by atoms with E-state index in [1.54, 1.807) is 24.3 Å². The first-order valence-corrected chi connectivity index (χ1v) is 9.94. The van der Waals surface area contributed by atoms with Crippen LogP contribution in [0.3, 0.4) is 0 Å². The second-order valence-corrected chi connectivity index (χ2v) is 7.45. The van der Waals surface area contributed by atoms with E-state index in [1.165, 1.54) is 0 Å². The van der Waals surface area contributed by atoms with Crippen molar-refractivity contribution in [2.75, 3.05) is 11.4 Å². The van der Waals surface area contributed by atoms with Gasteiger partial charge in [0.1, 0.15) is 17.6 Å². The molecule has 0 aliphatic carbocycles. The van der Waals surface area contributed by atoms with Gasteiger partial charge in [-0.25, -0.2) is 15.0 Å². The summed E-state index contributed by atoms with van der Waals surface area (Å²) in [6.07, 6.45) is -2.18. The number of benzene rings is 1. The van der Waals surface area contributed by atoms with Gasteiger partial charge in [-0.3, -0.25) is 4.79 Å². The molecule has 0 saturated carbocycles. The number of primary amides is 1. The summed E-state index contributed by atoms with van der Waals surface area (Å²) in [4.78, 5) is 26.4. The number of pyridine rings is 1. The van der Waals surface area contributed by atoms with Crippen LogP contribution in [0, 0.1) is 6.92 Å². The number of aryl methyl sites for hydroxylation is 1. The van der Waals surface area contributed by atoms with E-state index >= 15 is 0 Å². The third-order valence-corrected chi connectivity index (χ3v) is 5.11. The molecule has 1 aromatic carbocycles. The third kappa shape index (κ3) is 4.63. The lowest BCUT2D eigenvalue weighted by atomic mass is 10.2. The molecule has 0 radical (unpaired) electrons. The summed E-state index contributed by atoms with van der Waals surface area (Å²) in [6.45, 7) is 2.54. The van der Waals surface area contributed by atoms with Crippen molar-refractivity contribution in [3.05, 3.63) is 59.9 Å². The first-order valence-electron chi connectivity index (χ1n) is 9.94. The number of alkyl halides is 3. The largest absolute Gasteiger partial charge is 0.439 e. The molecule has 1 unspecified atom stereocenters. The average molecular weight is 443 g/mol. The summed E-state index contributed by atoms with van der Waals surface area (Å²) < 4.78 is 43.5. The molecule has 2 N–H and O–H groups in total. The normalized spacial score (nSPS) is 16.2. The van der Waals surface area contributed by atoms with Gasteiger partial charge in [-0.1, -0.05) is 0 Å². The second-order valence-electron chi connectivity index (χ2n) is 7.45. The van der Waals surface area contributed by atoms with Gasteiger partial charge in [0.2, 0.25) is 11.8 Å². The zero-order valence-corrected chi connectivity index (χ0v) is 17.1. The fourth-order valence-corrected chi connectivity index (χ4v) is 3.57. The number of hydrogen-bond donors (Lipinski definition) is 1. The molecule has 1 fully saturated rings. The molecule has 1 saturated heterocycles. The number of nitrogens with zero attached hydrogens (tertiary/aromatic N) is 4. The van der Waals surface area contributed by atoms with Crippen molar-refractivity contribution in [1.29, 1.82) is 0 Å². The Morgan fingerprint density at radius 2 is 1.91 bits per heavy atom. The highest BCUT2D eigenvalue weighted by molar-refractivity contribution is 5.84. The van der Waals surface area contributed by atoms with Gasteiger partial charge in [0.15, 0.2) is 5.82 Å². The molecule has 3 aromatic rings. The van der Waals surface area contributed by atoms with Gasteiger partial charge in [-0.15, -0.1) is 0 Å². The minimum absolute atomic E-state index is 0.0476. The minimum Gasteiger partial charge on any atom is -0.439 e. The van der Waals surface area contributed by atoms with Crippen LogP contribution in [-0.2, 0) is 11.0 Å². The number of halogens is 3. The fraction of sp³-hybridized carbons (Fsp3) is 0.273. The minimum atomic E-state index is -4.45. The molecule has 0 bridgehead atoms. The number of carbonyl (C=O) groups excluding carboxylic acids is 1. The number of aromatic nitrogens is 3. The fourth-order valence-electron chi connectivity index (χ4n) is 3.57. The van der Waals surface area contributed by atoms with Crippen molar-refractivity contribution in [1.82, 2.24) is 15.0 Å². The number of anilines is 1. The predicted octanol–water partition coefficient (Wildman–Crippen LogP) is 4.11. The Bertz CT molecular complexity index is 1120. The standard InChI is InChI=1S/C22H20F3N5O2/c1-13-11-18(30-10-2-3-17(30)20(26)31)29-21(28-13)14-4-7-16(8-5-14)32-19-9-6-15(12-27-19)22(23,24)25/h4-9,11-12,17H,2-3,10H2,1H3,(H2,26,31). The molecule has 10 heteroatoms. The Morgan fingerprint density at radius 3 is 2.53 bits per heavy atom. The van der Waals surface area contributed by atoms with Crippen molar-refractivity contribution >= 4 is 11.7 Å². The maximum atomic E-state index is 12.6. The van der Waals surface area contributed by atoms with Crippen molar-refractivity contribution in [3.63, 3.8) is 0 Å². The van der Waals surface area contributed by atoms with Crippen molar-refractivity contribution in [2.45, 2.75) is 32.0 Å². The van der Waals surface area contributed by atoms with Gasteiger partial charge in [0.05, 0.1) is 5.56 Å². The lowest BCUT2D eigenvalue weighted by Crippen LogP contribution is -2.40. The zero-order valence-electron chi connectivity index (χ0n) is 17.1. The van der Waals surface area contributed by atoms with Crippen LogP contribution in [-0.4, -0.2) is 33.4 Å². The number of rotatable bonds is 5. The van der Waals surface area contributed by atoms with E-state index in [-0.39, 0.29) is 17.8 Å². The Balaban J connectivity index is 1.53. The van der Waals surface area contributed by atoms with Crippen LogP contribution in [0.1, 0.15) is 24.1 Å². The first-order chi connectivity index (χ1) is 15.2. The molecule has 1 aliphatic rings. The molecular formula is C22H20F3N5O2. The predicted molar refractivity (Wildman–Crippen MR) is 111 cm³/mol. The highest BCUT2D eigenvalue weighted by Crippen LogP contribution is 2.31. The van der Waals surface area contributed by atoms with Crippen LogP contribution < -0.4 is 15.4 Å². The Kier molecular flexibility index (Phi) is 5.68. The molecule has 1 atom stereocenters. The second kappa shape index (κ2) is 8.45. The molecular weight excluding hydrogens is 423 g/mol. The quantitative estimate of drug-likeness (QED) is 0.638. The van der Waals surface area contributed by atoms with Crippen LogP contribution in [0.5, 0.6) is 11.6 Å². The van der Waals surface area contributed by atoms with Crippen molar-refractivity contribution in [2.24, 2.45) is 5.73 Å². The number of nitrogens with two attached hydrogens (primary N) is 1. The van der Waals surface area contributed by atoms with E-state index in [0.717, 1.165) is 36.0 Å². The van der Waals surface area contributed by atoms with Gasteiger partial charge in [-0.05, 0) is 50.1 Å². The lowest BCUT2D eigenvalue weighted by molar-refractivity contribution is -0.137. The maximum Gasteiger partial charge on any atom is 0.417 e. The monoisotopic (exact) mass is 443 g/mol. The molecule has 0 spiro atoms. The van der Waals surface area contributed by atoms with E-state index < -0.39 is 11.7 Å². The Morgan fingerprint density at radius 1 is 1.16 bits per heavy atom. The van der Waals surface area contributed by atoms with Gasteiger partial charge >= 0.3 is 6.18 Å². The molecule has 1 amide bonds. The van der Waals surface area contributed by atoms with Crippen LogP contribution in [0.25, 0.3) is 11.4 Å². The SMILES string of the molecule is Cc1cc(N2CCCC2C(N)=O)nc(-c2ccc(Oc3ccc(C(F)(F)F)cn3)cc2)n1. The van der Waals surface area contributed by atoms with Crippen LogP contribution in [0.15, 0.2) is 48.7 Å². The summed E-state index contributed by atoms with van der Waals surface area (Å²) in [5, 5.41) is 0. The van der Waals surface area contributed by atoms with E-state index in [9.17, 15) is 18.0 Å². The number of hydrogen-bond acceptors (Lipinski definition) is 6. The summed E-state index contributed by atoms with van der Waals surface area (Å²) in [6, 6.07) is 10.3. The average Bonchev–Trinajstić information content (AvgIpc) is 3.24. The number of ether oxygens (including phenoxy) is 1. The number of amides is 1. The summed E-state index contributed by atoms with van der Waals surface area (Å²) in [5.41, 5.74) is 6.14. The molecule has 32 heavy (non-hydrogen) atoms. The molecule has 7 nitrogen and oxygen atoms in total. The maximum absolute atomic E-state index is 12.6. The van der Waals surface area contributed by atoms with E-state index in [2.05, 4.69) is 15.0 Å². The van der Waals surface area contributed by atoms with Gasteiger partial charge in [-0.2, -0.15) is 13.2 Å². The molecule has 2 aromatic heterocycles. The van der Waals surface area contributed by atoms with Gasteiger partial charge < -0.3 is 15.4 Å². The highest BCUT2D eigenvalue weighted by atomic mass is 19.4. The first kappa shape index (κ1) is 21.5. The van der Waals surface area contributed by atoms with Crippen LogP contribution in [0.4, 0.5) is 19.0 Å². The number of carbonyl (C=O) groups is 1. The molecule has 4 rings (SSSR count). The van der Waals surface area contributed by atoms with Crippen LogP contribution >= 0.6 is 0 Å². The highest BCUT2D eigenvalue weighted by Gasteiger charge is 2.31. The van der Waals surface area contributed by atoms with E-state index in [1.807, 2.05) is 17.9 Å². The van der Waals surface area contributed by atoms with Crippen LogP contribution in [0.2, 0.25) is 0 Å². The topological polar surface area (TPSA) is 94.2 Å². The van der Waals surface area contributed by atoms with E-state index in [4.69, 9.17) is 10.5 Å². The molecule has 3 heterocycles. The molecule has 166 valence electrons. The third-order valence-electron chi connectivity index (χ3n) is 5.11. The summed E-state index contributed by atoms with van der Waals surface area (Å²) in [5.74, 6) is 1.20. The summed E-state index contributed by atoms with van der Waals surface area (Å²) in [7, 11) is 0. The Labute approximate surface area is 182 Å². The van der Waals surface area contributed by atoms with E-state index in [0.29, 0.717) is 30.4 Å².